The minimum atomic E-state index is -0.736. The van der Waals surface area contributed by atoms with E-state index in [0.29, 0.717) is 26.1 Å². The lowest BCUT2D eigenvalue weighted by Gasteiger charge is -2.36. The zero-order chi connectivity index (χ0) is 17.0. The first-order valence-electron chi connectivity index (χ1n) is 7.94. The highest BCUT2D eigenvalue weighted by Crippen LogP contribution is 2.35. The van der Waals surface area contributed by atoms with Crippen molar-refractivity contribution in [3.63, 3.8) is 0 Å². The fraction of sp³-hybridized carbons (Fsp3) is 0.389. The molecule has 0 bridgehead atoms. The van der Waals surface area contributed by atoms with Crippen LogP contribution in [0.15, 0.2) is 41.1 Å². The summed E-state index contributed by atoms with van der Waals surface area (Å²) in [6, 6.07) is 7.91. The van der Waals surface area contributed by atoms with Gasteiger partial charge in [-0.05, 0) is 52.9 Å². The second-order valence-corrected chi connectivity index (χ2v) is 6.76. The smallest absolute Gasteiger partial charge is 0.230 e. The normalized spacial score (nSPS) is 18.1. The standard InChI is InChI=1S/C18H20FNO3S/c19-15-3-1-14(2-4-15)18(6-8-23-9-7-18)17(22)20-11-16(21)13-5-10-24-12-13/h1-5,10,12,16,21H,6-9,11H2,(H,20,22). The van der Waals surface area contributed by atoms with E-state index in [9.17, 15) is 14.3 Å². The Kier molecular flexibility index (Phi) is 5.28. The second-order valence-electron chi connectivity index (χ2n) is 5.98. The maximum atomic E-state index is 13.2. The molecule has 1 unspecified atom stereocenters. The van der Waals surface area contributed by atoms with Crippen LogP contribution in [0.25, 0.3) is 0 Å². The number of aliphatic hydroxyl groups excluding tert-OH is 1. The summed E-state index contributed by atoms with van der Waals surface area (Å²) in [6.07, 6.45) is 0.350. The quantitative estimate of drug-likeness (QED) is 0.873. The summed E-state index contributed by atoms with van der Waals surface area (Å²) in [5.41, 5.74) is 0.846. The van der Waals surface area contributed by atoms with Crippen LogP contribution in [0.5, 0.6) is 0 Å². The lowest BCUT2D eigenvalue weighted by molar-refractivity contribution is -0.131. The molecule has 1 fully saturated rings. The van der Waals surface area contributed by atoms with Crippen LogP contribution in [0.3, 0.4) is 0 Å². The molecular formula is C18H20FNO3S. The largest absolute Gasteiger partial charge is 0.387 e. The van der Waals surface area contributed by atoms with Crippen LogP contribution in [0.4, 0.5) is 4.39 Å². The van der Waals surface area contributed by atoms with E-state index in [1.165, 1.54) is 23.5 Å². The molecule has 2 aromatic rings. The van der Waals surface area contributed by atoms with Crippen LogP contribution < -0.4 is 5.32 Å². The first-order chi connectivity index (χ1) is 11.6. The Morgan fingerprint density at radius 3 is 2.62 bits per heavy atom. The van der Waals surface area contributed by atoms with Crippen molar-refractivity contribution in [1.82, 2.24) is 5.32 Å². The summed E-state index contributed by atoms with van der Waals surface area (Å²) in [5, 5.41) is 16.8. The summed E-state index contributed by atoms with van der Waals surface area (Å²) in [5.74, 6) is -0.471. The van der Waals surface area contributed by atoms with Gasteiger partial charge in [-0.15, -0.1) is 0 Å². The molecule has 6 heteroatoms. The second kappa shape index (κ2) is 7.42. The van der Waals surface area contributed by atoms with Crippen molar-refractivity contribution in [1.29, 1.82) is 0 Å². The van der Waals surface area contributed by atoms with Crippen molar-refractivity contribution in [3.8, 4) is 0 Å². The van der Waals surface area contributed by atoms with Crippen LogP contribution in [0, 0.1) is 5.82 Å². The number of hydrogen-bond acceptors (Lipinski definition) is 4. The van der Waals surface area contributed by atoms with Crippen LogP contribution in [0.2, 0.25) is 0 Å². The van der Waals surface area contributed by atoms with Gasteiger partial charge in [-0.2, -0.15) is 11.3 Å². The number of nitrogens with one attached hydrogen (secondary N) is 1. The molecule has 0 radical (unpaired) electrons. The molecular weight excluding hydrogens is 329 g/mol. The maximum absolute atomic E-state index is 13.2. The average molecular weight is 349 g/mol. The number of amides is 1. The van der Waals surface area contributed by atoms with Gasteiger partial charge in [-0.3, -0.25) is 4.79 Å². The van der Waals surface area contributed by atoms with Crippen molar-refractivity contribution >= 4 is 17.2 Å². The minimum Gasteiger partial charge on any atom is -0.387 e. The van der Waals surface area contributed by atoms with Gasteiger partial charge in [0, 0.05) is 19.8 Å². The molecule has 0 spiro atoms. The summed E-state index contributed by atoms with van der Waals surface area (Å²) < 4.78 is 18.6. The monoisotopic (exact) mass is 349 g/mol. The molecule has 2 heterocycles. The number of benzene rings is 1. The Morgan fingerprint density at radius 2 is 2.00 bits per heavy atom. The first-order valence-corrected chi connectivity index (χ1v) is 8.88. The van der Waals surface area contributed by atoms with Gasteiger partial charge in [-0.1, -0.05) is 12.1 Å². The Labute approximate surface area is 144 Å². The summed E-state index contributed by atoms with van der Waals surface area (Å²) in [6.45, 7) is 1.12. The van der Waals surface area contributed by atoms with Crippen molar-refractivity contribution in [2.45, 2.75) is 24.4 Å². The van der Waals surface area contributed by atoms with Crippen LogP contribution in [-0.2, 0) is 14.9 Å². The number of carbonyl (C=O) groups is 1. The molecule has 1 aliphatic rings. The van der Waals surface area contributed by atoms with Gasteiger partial charge in [-0.25, -0.2) is 4.39 Å². The molecule has 128 valence electrons. The number of thiophene rings is 1. The van der Waals surface area contributed by atoms with Gasteiger partial charge in [0.25, 0.3) is 0 Å². The lowest BCUT2D eigenvalue weighted by atomic mass is 9.73. The highest BCUT2D eigenvalue weighted by molar-refractivity contribution is 7.07. The zero-order valence-electron chi connectivity index (χ0n) is 13.2. The van der Waals surface area contributed by atoms with E-state index >= 15 is 0 Å². The summed E-state index contributed by atoms with van der Waals surface area (Å²) >= 11 is 1.50. The molecule has 1 aliphatic heterocycles. The number of rotatable bonds is 5. The van der Waals surface area contributed by atoms with Crippen LogP contribution >= 0.6 is 11.3 Å². The maximum Gasteiger partial charge on any atom is 0.230 e. The van der Waals surface area contributed by atoms with E-state index in [2.05, 4.69) is 5.32 Å². The first kappa shape index (κ1) is 17.1. The summed E-state index contributed by atoms with van der Waals surface area (Å²) in [4.78, 5) is 12.9. The van der Waals surface area contributed by atoms with Gasteiger partial charge in [0.2, 0.25) is 5.91 Å². The number of hydrogen-bond donors (Lipinski definition) is 2. The third kappa shape index (κ3) is 3.50. The molecule has 2 N–H and O–H groups in total. The number of aliphatic hydroxyl groups is 1. The fourth-order valence-electron chi connectivity index (χ4n) is 3.08. The molecule has 1 saturated heterocycles. The lowest BCUT2D eigenvalue weighted by Crippen LogP contribution is -2.48. The topological polar surface area (TPSA) is 58.6 Å². The predicted molar refractivity (Wildman–Crippen MR) is 90.4 cm³/mol. The molecule has 3 rings (SSSR count). The van der Waals surface area contributed by atoms with E-state index in [1.807, 2.05) is 16.8 Å². The molecule has 1 aromatic carbocycles. The molecule has 24 heavy (non-hydrogen) atoms. The van der Waals surface area contributed by atoms with Gasteiger partial charge >= 0.3 is 0 Å². The molecule has 1 aromatic heterocycles. The van der Waals surface area contributed by atoms with E-state index < -0.39 is 11.5 Å². The minimum absolute atomic E-state index is 0.147. The van der Waals surface area contributed by atoms with Crippen molar-refractivity contribution in [2.75, 3.05) is 19.8 Å². The predicted octanol–water partition coefficient (Wildman–Crippen LogP) is 2.79. The number of ether oxygens (including phenoxy) is 1. The van der Waals surface area contributed by atoms with E-state index in [4.69, 9.17) is 4.74 Å². The average Bonchev–Trinajstić information content (AvgIpc) is 3.15. The van der Waals surface area contributed by atoms with Gasteiger partial charge in [0.15, 0.2) is 0 Å². The third-order valence-corrected chi connectivity index (χ3v) is 5.26. The Morgan fingerprint density at radius 1 is 1.29 bits per heavy atom. The van der Waals surface area contributed by atoms with Crippen molar-refractivity contribution in [2.24, 2.45) is 0 Å². The zero-order valence-corrected chi connectivity index (χ0v) is 14.0. The molecule has 1 amide bonds. The highest BCUT2D eigenvalue weighted by atomic mass is 32.1. The molecule has 4 nitrogen and oxygen atoms in total. The van der Waals surface area contributed by atoms with Gasteiger partial charge in [0.1, 0.15) is 5.82 Å². The van der Waals surface area contributed by atoms with E-state index in [1.54, 1.807) is 12.1 Å². The van der Waals surface area contributed by atoms with E-state index in [-0.39, 0.29) is 18.3 Å². The van der Waals surface area contributed by atoms with Gasteiger partial charge < -0.3 is 15.2 Å². The Bertz CT molecular complexity index is 666. The van der Waals surface area contributed by atoms with Gasteiger partial charge in [0.05, 0.1) is 11.5 Å². The van der Waals surface area contributed by atoms with Crippen molar-refractivity contribution < 1.29 is 19.0 Å². The molecule has 0 aliphatic carbocycles. The number of carbonyl (C=O) groups excluding carboxylic acids is 1. The third-order valence-electron chi connectivity index (χ3n) is 4.56. The van der Waals surface area contributed by atoms with Crippen molar-refractivity contribution in [3.05, 3.63) is 58.0 Å². The molecule has 0 saturated carbocycles. The molecule has 1 atom stereocenters. The SMILES string of the molecule is O=C(NCC(O)c1ccsc1)C1(c2ccc(F)cc2)CCOCC1. The Hall–Kier alpha value is -1.76. The Balaban J connectivity index is 1.75. The van der Waals surface area contributed by atoms with Crippen LogP contribution in [0.1, 0.15) is 30.1 Å². The fourth-order valence-corrected chi connectivity index (χ4v) is 3.78. The van der Waals surface area contributed by atoms with Crippen LogP contribution in [-0.4, -0.2) is 30.8 Å². The van der Waals surface area contributed by atoms with E-state index in [0.717, 1.165) is 11.1 Å². The highest BCUT2D eigenvalue weighted by Gasteiger charge is 2.41. The number of halogens is 1. The summed E-state index contributed by atoms with van der Waals surface area (Å²) in [7, 11) is 0.